The van der Waals surface area contributed by atoms with E-state index in [1.165, 1.54) is 0 Å². The van der Waals surface area contributed by atoms with Crippen molar-refractivity contribution in [1.82, 2.24) is 0 Å². The van der Waals surface area contributed by atoms with Crippen molar-refractivity contribution in [1.29, 1.82) is 0 Å². The molecule has 0 aromatic heterocycles. The average Bonchev–Trinajstić information content (AvgIpc) is 2.48. The minimum absolute atomic E-state index is 0.462. The smallest absolute Gasteiger partial charge is 0.373 e. The molecule has 0 saturated carbocycles. The van der Waals surface area contributed by atoms with E-state index >= 15 is 0 Å². The molecule has 21 heavy (non-hydrogen) atoms. The zero-order valence-electron chi connectivity index (χ0n) is 11.2. The Bertz CT molecular complexity index is 686. The highest BCUT2D eigenvalue weighted by atomic mass is 35.5. The van der Waals surface area contributed by atoms with E-state index in [4.69, 9.17) is 21.1 Å². The first kappa shape index (κ1) is 13.9. The maximum atomic E-state index is 11.3. The van der Waals surface area contributed by atoms with E-state index in [1.807, 2.05) is 37.3 Å². The van der Waals surface area contributed by atoms with Crippen LogP contribution in [0.3, 0.4) is 0 Å². The molecule has 4 nitrogen and oxygen atoms in total. The topological polar surface area (TPSA) is 55.8 Å². The molecule has 2 aromatic rings. The van der Waals surface area contributed by atoms with E-state index < -0.39 is 17.9 Å². The number of rotatable bonds is 2. The number of hydrogen-bond acceptors (Lipinski definition) is 3. The number of ether oxygens (including phenoxy) is 2. The first-order valence-electron chi connectivity index (χ1n) is 6.43. The van der Waals surface area contributed by atoms with Crippen LogP contribution < -0.4 is 4.74 Å². The number of fused-ring (bicyclic) bond motifs is 1. The Morgan fingerprint density at radius 2 is 1.95 bits per heavy atom. The maximum absolute atomic E-state index is 11.3. The van der Waals surface area contributed by atoms with Gasteiger partial charge in [0.05, 0.1) is 0 Å². The van der Waals surface area contributed by atoms with Gasteiger partial charge in [0.2, 0.25) is 0 Å². The van der Waals surface area contributed by atoms with E-state index in [9.17, 15) is 9.90 Å². The second kappa shape index (κ2) is 5.06. The molecule has 1 heterocycles. The summed E-state index contributed by atoms with van der Waals surface area (Å²) in [6.07, 6.45) is -1.36. The summed E-state index contributed by atoms with van der Waals surface area (Å²) in [6, 6.07) is 14.5. The highest BCUT2D eigenvalue weighted by molar-refractivity contribution is 6.30. The zero-order chi connectivity index (χ0) is 15.0. The van der Waals surface area contributed by atoms with Gasteiger partial charge in [0.15, 0.2) is 0 Å². The molecule has 5 heteroatoms. The van der Waals surface area contributed by atoms with Gasteiger partial charge >= 0.3 is 5.97 Å². The molecule has 1 aliphatic rings. The average molecular weight is 305 g/mol. The SMILES string of the molecule is CC1(c2ccccc2)OC(C(=O)O)Oc2ccc(Cl)cc21. The lowest BCUT2D eigenvalue weighted by Gasteiger charge is -2.39. The molecular weight excluding hydrogens is 292 g/mol. The summed E-state index contributed by atoms with van der Waals surface area (Å²) >= 11 is 6.06. The Kier molecular flexibility index (Phi) is 3.35. The third kappa shape index (κ3) is 2.37. The molecule has 2 atom stereocenters. The summed E-state index contributed by atoms with van der Waals surface area (Å²) in [4.78, 5) is 11.3. The second-order valence-corrected chi connectivity index (χ2v) is 5.38. The highest BCUT2D eigenvalue weighted by Crippen LogP contribution is 2.44. The maximum Gasteiger partial charge on any atom is 0.373 e. The molecule has 1 aliphatic heterocycles. The summed E-state index contributed by atoms with van der Waals surface area (Å²) < 4.78 is 11.1. The number of carboxylic acids is 1. The predicted molar refractivity (Wildman–Crippen MR) is 77.5 cm³/mol. The predicted octanol–water partition coefficient (Wildman–Crippen LogP) is 3.42. The molecule has 0 bridgehead atoms. The monoisotopic (exact) mass is 304 g/mol. The van der Waals surface area contributed by atoms with Crippen LogP contribution in [-0.4, -0.2) is 17.4 Å². The fourth-order valence-electron chi connectivity index (χ4n) is 2.48. The Balaban J connectivity index is 2.19. The summed E-state index contributed by atoms with van der Waals surface area (Å²) in [5.74, 6) is -0.706. The minimum atomic E-state index is -1.36. The van der Waals surface area contributed by atoms with Crippen LogP contribution in [0.15, 0.2) is 48.5 Å². The van der Waals surface area contributed by atoms with Gasteiger partial charge in [0.25, 0.3) is 6.29 Å². The fraction of sp³-hybridized carbons (Fsp3) is 0.188. The van der Waals surface area contributed by atoms with Gasteiger partial charge in [-0.1, -0.05) is 41.9 Å². The van der Waals surface area contributed by atoms with Crippen LogP contribution in [0.2, 0.25) is 5.02 Å². The van der Waals surface area contributed by atoms with Crippen molar-refractivity contribution in [3.05, 3.63) is 64.7 Å². The lowest BCUT2D eigenvalue weighted by atomic mass is 9.86. The van der Waals surface area contributed by atoms with Gasteiger partial charge in [-0.3, -0.25) is 0 Å². The number of carbonyl (C=O) groups is 1. The second-order valence-electron chi connectivity index (χ2n) is 4.95. The van der Waals surface area contributed by atoms with Gasteiger partial charge in [-0.2, -0.15) is 0 Å². The van der Waals surface area contributed by atoms with Gasteiger partial charge in [0.1, 0.15) is 11.4 Å². The lowest BCUT2D eigenvalue weighted by molar-refractivity contribution is -0.201. The molecule has 2 aromatic carbocycles. The van der Waals surface area contributed by atoms with Crippen LogP contribution in [0.1, 0.15) is 18.1 Å². The van der Waals surface area contributed by atoms with Crippen molar-refractivity contribution >= 4 is 17.6 Å². The molecule has 0 fully saturated rings. The molecule has 0 aliphatic carbocycles. The van der Waals surface area contributed by atoms with Crippen LogP contribution >= 0.6 is 11.6 Å². The van der Waals surface area contributed by atoms with Crippen LogP contribution in [0.25, 0.3) is 0 Å². The van der Waals surface area contributed by atoms with Crippen molar-refractivity contribution in [3.8, 4) is 5.75 Å². The molecule has 1 N–H and O–H groups in total. The number of aliphatic carboxylic acids is 1. The van der Waals surface area contributed by atoms with E-state index in [2.05, 4.69) is 0 Å². The Morgan fingerprint density at radius 3 is 2.62 bits per heavy atom. The molecule has 0 spiro atoms. The van der Waals surface area contributed by atoms with Gasteiger partial charge in [0, 0.05) is 10.6 Å². The van der Waals surface area contributed by atoms with Crippen molar-refractivity contribution < 1.29 is 19.4 Å². The third-order valence-electron chi connectivity index (χ3n) is 3.56. The number of halogens is 1. The number of hydrogen-bond donors (Lipinski definition) is 1. The Labute approximate surface area is 126 Å². The Hall–Kier alpha value is -2.04. The van der Waals surface area contributed by atoms with E-state index in [0.29, 0.717) is 16.3 Å². The molecule has 0 saturated heterocycles. The normalized spacial score (nSPS) is 24.0. The minimum Gasteiger partial charge on any atom is -0.477 e. The lowest BCUT2D eigenvalue weighted by Crippen LogP contribution is -2.44. The number of carboxylic acid groups (broad SMARTS) is 1. The van der Waals surface area contributed by atoms with Gasteiger partial charge < -0.3 is 14.6 Å². The van der Waals surface area contributed by atoms with Crippen molar-refractivity contribution in [2.45, 2.75) is 18.8 Å². The summed E-state index contributed by atoms with van der Waals surface area (Å²) in [6.45, 7) is 1.82. The molecule has 0 radical (unpaired) electrons. The largest absolute Gasteiger partial charge is 0.477 e. The van der Waals surface area contributed by atoms with Crippen LogP contribution in [0, 0.1) is 0 Å². The standard InChI is InChI=1S/C16H13ClO4/c1-16(10-5-3-2-4-6-10)12-9-11(17)7-8-13(12)20-15(21-16)14(18)19/h2-9,15H,1H3,(H,18,19). The Morgan fingerprint density at radius 1 is 1.24 bits per heavy atom. The molecule has 2 unspecified atom stereocenters. The van der Waals surface area contributed by atoms with Crippen LogP contribution in [-0.2, 0) is 15.1 Å². The van der Waals surface area contributed by atoms with Crippen molar-refractivity contribution in [3.63, 3.8) is 0 Å². The summed E-state index contributed by atoms with van der Waals surface area (Å²) in [5.41, 5.74) is 0.602. The van der Waals surface area contributed by atoms with E-state index in [1.54, 1.807) is 18.2 Å². The third-order valence-corrected chi connectivity index (χ3v) is 3.79. The molecular formula is C16H13ClO4. The van der Waals surface area contributed by atoms with Crippen molar-refractivity contribution in [2.24, 2.45) is 0 Å². The zero-order valence-corrected chi connectivity index (χ0v) is 12.0. The quantitative estimate of drug-likeness (QED) is 0.923. The van der Waals surface area contributed by atoms with Crippen LogP contribution in [0.5, 0.6) is 5.75 Å². The van der Waals surface area contributed by atoms with E-state index in [-0.39, 0.29) is 0 Å². The first-order chi connectivity index (χ1) is 10.0. The van der Waals surface area contributed by atoms with Crippen molar-refractivity contribution in [2.75, 3.05) is 0 Å². The highest BCUT2D eigenvalue weighted by Gasteiger charge is 2.43. The van der Waals surface area contributed by atoms with Gasteiger partial charge in [-0.05, 0) is 30.7 Å². The molecule has 108 valence electrons. The molecule has 3 rings (SSSR count). The first-order valence-corrected chi connectivity index (χ1v) is 6.81. The number of benzene rings is 2. The fourth-order valence-corrected chi connectivity index (χ4v) is 2.65. The van der Waals surface area contributed by atoms with Crippen LogP contribution in [0.4, 0.5) is 0 Å². The van der Waals surface area contributed by atoms with Gasteiger partial charge in [-0.15, -0.1) is 0 Å². The van der Waals surface area contributed by atoms with Gasteiger partial charge in [-0.25, -0.2) is 4.79 Å². The summed E-state index contributed by atoms with van der Waals surface area (Å²) in [7, 11) is 0. The van der Waals surface area contributed by atoms with E-state index in [0.717, 1.165) is 5.56 Å². The summed E-state index contributed by atoms with van der Waals surface area (Å²) in [5, 5.41) is 9.76. The molecule has 0 amide bonds.